The van der Waals surface area contributed by atoms with E-state index >= 15 is 0 Å². The molecule has 0 heterocycles. The number of ether oxygens (including phenoxy) is 1. The molecular weight excluding hydrogens is 447 g/mol. The van der Waals surface area contributed by atoms with Gasteiger partial charge in [-0.2, -0.15) is 0 Å². The molecule has 6 nitrogen and oxygen atoms in total. The normalized spacial score (nSPS) is 19.3. The lowest BCUT2D eigenvalue weighted by Gasteiger charge is -2.29. The number of methoxy groups -OCH3 is 1. The smallest absolute Gasteiger partial charge is 0.255 e. The van der Waals surface area contributed by atoms with Crippen molar-refractivity contribution < 1.29 is 17.9 Å². The Bertz CT molecular complexity index is 1040. The predicted octanol–water partition coefficient (Wildman–Crippen LogP) is 5.11. The van der Waals surface area contributed by atoms with Gasteiger partial charge in [0.25, 0.3) is 5.91 Å². The fourth-order valence-corrected chi connectivity index (χ4v) is 5.48. The first kappa shape index (κ1) is 22.9. The van der Waals surface area contributed by atoms with E-state index in [1.54, 1.807) is 12.1 Å². The molecule has 162 valence electrons. The fraction of sp³-hybridized carbons (Fsp3) is 0.381. The van der Waals surface area contributed by atoms with Gasteiger partial charge in [-0.25, -0.2) is 13.1 Å². The van der Waals surface area contributed by atoms with Crippen molar-refractivity contribution in [2.24, 2.45) is 5.92 Å². The average Bonchev–Trinajstić information content (AvgIpc) is 2.71. The maximum absolute atomic E-state index is 13.1. The topological polar surface area (TPSA) is 84.5 Å². The van der Waals surface area contributed by atoms with Crippen LogP contribution in [-0.4, -0.2) is 27.5 Å². The van der Waals surface area contributed by atoms with Crippen LogP contribution >= 0.6 is 23.2 Å². The van der Waals surface area contributed by atoms with Gasteiger partial charge >= 0.3 is 0 Å². The first-order valence-electron chi connectivity index (χ1n) is 9.68. The van der Waals surface area contributed by atoms with E-state index in [1.165, 1.54) is 31.4 Å². The Balaban J connectivity index is 1.89. The highest BCUT2D eigenvalue weighted by Crippen LogP contribution is 2.30. The number of rotatable bonds is 6. The SMILES string of the molecule is COc1ccc(C(=O)Nc2cc(Cl)ccc2Cl)cc1S(=O)(=O)NC1CCCCC1C. The minimum absolute atomic E-state index is 0.0763. The highest BCUT2D eigenvalue weighted by molar-refractivity contribution is 7.89. The molecule has 30 heavy (non-hydrogen) atoms. The molecule has 2 unspecified atom stereocenters. The third-order valence-electron chi connectivity index (χ3n) is 5.31. The zero-order valence-corrected chi connectivity index (χ0v) is 19.1. The summed E-state index contributed by atoms with van der Waals surface area (Å²) in [4.78, 5) is 12.7. The summed E-state index contributed by atoms with van der Waals surface area (Å²) in [5.41, 5.74) is 0.493. The summed E-state index contributed by atoms with van der Waals surface area (Å²) in [6.45, 7) is 2.04. The number of benzene rings is 2. The molecule has 2 aromatic rings. The molecule has 2 aromatic carbocycles. The molecule has 2 atom stereocenters. The Labute approximate surface area is 187 Å². The van der Waals surface area contributed by atoms with E-state index in [-0.39, 0.29) is 28.2 Å². The monoisotopic (exact) mass is 470 g/mol. The van der Waals surface area contributed by atoms with Gasteiger partial charge in [0.1, 0.15) is 10.6 Å². The standard InChI is InChI=1S/C21H24Cl2N2O4S/c1-13-5-3-4-6-17(13)25-30(27,28)20-11-14(7-10-19(20)29-2)21(26)24-18-12-15(22)8-9-16(18)23/h7-13,17,25H,3-6H2,1-2H3,(H,24,26). The van der Waals surface area contributed by atoms with Crippen LogP contribution in [0.15, 0.2) is 41.3 Å². The van der Waals surface area contributed by atoms with Crippen LogP contribution in [0, 0.1) is 5.92 Å². The maximum Gasteiger partial charge on any atom is 0.255 e. The van der Waals surface area contributed by atoms with Crippen molar-refractivity contribution in [2.45, 2.75) is 43.5 Å². The predicted molar refractivity (Wildman–Crippen MR) is 119 cm³/mol. The van der Waals surface area contributed by atoms with E-state index in [0.29, 0.717) is 15.7 Å². The lowest BCUT2D eigenvalue weighted by molar-refractivity contribution is 0.102. The second-order valence-electron chi connectivity index (χ2n) is 7.43. The fourth-order valence-electron chi connectivity index (χ4n) is 3.57. The summed E-state index contributed by atoms with van der Waals surface area (Å²) in [5.74, 6) is -0.0939. The van der Waals surface area contributed by atoms with Crippen LogP contribution in [0.25, 0.3) is 0 Å². The molecule has 0 bridgehead atoms. The van der Waals surface area contributed by atoms with E-state index in [4.69, 9.17) is 27.9 Å². The second-order valence-corrected chi connectivity index (χ2v) is 9.96. The van der Waals surface area contributed by atoms with Gasteiger partial charge < -0.3 is 10.1 Å². The van der Waals surface area contributed by atoms with Crippen LogP contribution in [-0.2, 0) is 10.0 Å². The number of sulfonamides is 1. The molecule has 0 radical (unpaired) electrons. The van der Waals surface area contributed by atoms with E-state index in [1.807, 2.05) is 6.92 Å². The van der Waals surface area contributed by atoms with E-state index < -0.39 is 15.9 Å². The number of amides is 1. The third kappa shape index (κ3) is 5.27. The van der Waals surface area contributed by atoms with Crippen molar-refractivity contribution in [3.63, 3.8) is 0 Å². The third-order valence-corrected chi connectivity index (χ3v) is 7.39. The quantitative estimate of drug-likeness (QED) is 0.613. The van der Waals surface area contributed by atoms with Crippen molar-refractivity contribution in [3.05, 3.63) is 52.0 Å². The molecule has 1 aliphatic carbocycles. The van der Waals surface area contributed by atoms with Gasteiger partial charge in [0.05, 0.1) is 17.8 Å². The van der Waals surface area contributed by atoms with Gasteiger partial charge in [-0.05, 0) is 55.2 Å². The number of carbonyl (C=O) groups excluding carboxylic acids is 1. The van der Waals surface area contributed by atoms with E-state index in [9.17, 15) is 13.2 Å². The molecular formula is C21H24Cl2N2O4S. The first-order valence-corrected chi connectivity index (χ1v) is 11.9. The van der Waals surface area contributed by atoms with Gasteiger partial charge in [-0.3, -0.25) is 4.79 Å². The van der Waals surface area contributed by atoms with Gasteiger partial charge in [0.2, 0.25) is 10.0 Å². The number of anilines is 1. The average molecular weight is 471 g/mol. The van der Waals surface area contributed by atoms with Gasteiger partial charge in [-0.15, -0.1) is 0 Å². The molecule has 1 amide bonds. The second kappa shape index (κ2) is 9.56. The van der Waals surface area contributed by atoms with Crippen LogP contribution in [0.3, 0.4) is 0 Å². The molecule has 1 fully saturated rings. The van der Waals surface area contributed by atoms with Crippen molar-refractivity contribution in [1.82, 2.24) is 4.72 Å². The first-order chi connectivity index (χ1) is 14.2. The van der Waals surface area contributed by atoms with E-state index in [0.717, 1.165) is 25.7 Å². The Morgan fingerprint density at radius 2 is 1.83 bits per heavy atom. The van der Waals surface area contributed by atoms with Crippen molar-refractivity contribution in [2.75, 3.05) is 12.4 Å². The van der Waals surface area contributed by atoms with Crippen LogP contribution in [0.4, 0.5) is 5.69 Å². The summed E-state index contributed by atoms with van der Waals surface area (Å²) in [7, 11) is -2.49. The molecule has 3 rings (SSSR count). The highest BCUT2D eigenvalue weighted by atomic mass is 35.5. The Morgan fingerprint density at radius 3 is 2.53 bits per heavy atom. The zero-order chi connectivity index (χ0) is 21.9. The van der Waals surface area contributed by atoms with Crippen LogP contribution in [0.5, 0.6) is 5.75 Å². The van der Waals surface area contributed by atoms with E-state index in [2.05, 4.69) is 10.0 Å². The molecule has 0 spiro atoms. The Morgan fingerprint density at radius 1 is 1.10 bits per heavy atom. The lowest BCUT2D eigenvalue weighted by Crippen LogP contribution is -2.41. The molecule has 1 aliphatic rings. The summed E-state index contributed by atoms with van der Waals surface area (Å²) >= 11 is 12.1. The van der Waals surface area contributed by atoms with Crippen LogP contribution < -0.4 is 14.8 Å². The van der Waals surface area contributed by atoms with Gasteiger partial charge in [-0.1, -0.05) is 43.0 Å². The summed E-state index contributed by atoms with van der Waals surface area (Å²) in [6.07, 6.45) is 3.85. The molecule has 9 heteroatoms. The zero-order valence-electron chi connectivity index (χ0n) is 16.7. The maximum atomic E-state index is 13.1. The number of nitrogens with one attached hydrogen (secondary N) is 2. The number of carbonyl (C=O) groups is 1. The highest BCUT2D eigenvalue weighted by Gasteiger charge is 2.29. The van der Waals surface area contributed by atoms with Crippen molar-refractivity contribution in [3.8, 4) is 5.75 Å². The summed E-state index contributed by atoms with van der Waals surface area (Å²) in [6, 6.07) is 8.82. The van der Waals surface area contributed by atoms with Crippen molar-refractivity contribution >= 4 is 44.8 Å². The number of hydrogen-bond donors (Lipinski definition) is 2. The Kier molecular flexibility index (Phi) is 7.29. The van der Waals surface area contributed by atoms with Gasteiger partial charge in [0.15, 0.2) is 0 Å². The molecule has 2 N–H and O–H groups in total. The lowest BCUT2D eigenvalue weighted by atomic mass is 9.87. The largest absolute Gasteiger partial charge is 0.495 e. The molecule has 1 saturated carbocycles. The number of halogens is 2. The van der Waals surface area contributed by atoms with Gasteiger partial charge in [0, 0.05) is 16.6 Å². The Hall–Kier alpha value is -1.80. The van der Waals surface area contributed by atoms with Crippen LogP contribution in [0.1, 0.15) is 43.0 Å². The minimum Gasteiger partial charge on any atom is -0.495 e. The summed E-state index contributed by atoms with van der Waals surface area (Å²) < 4.78 is 34.2. The molecule has 0 saturated heterocycles. The number of hydrogen-bond acceptors (Lipinski definition) is 4. The summed E-state index contributed by atoms with van der Waals surface area (Å²) in [5, 5.41) is 3.40. The molecule has 0 aromatic heterocycles. The minimum atomic E-state index is -3.88. The van der Waals surface area contributed by atoms with Crippen molar-refractivity contribution in [1.29, 1.82) is 0 Å². The molecule has 0 aliphatic heterocycles. The van der Waals surface area contributed by atoms with Crippen LogP contribution in [0.2, 0.25) is 10.0 Å².